The van der Waals surface area contributed by atoms with Gasteiger partial charge in [0.25, 0.3) is 5.91 Å². The highest BCUT2D eigenvalue weighted by Gasteiger charge is 2.45. The lowest BCUT2D eigenvalue weighted by atomic mass is 9.94. The highest BCUT2D eigenvalue weighted by molar-refractivity contribution is 7.17. The smallest absolute Gasteiger partial charge is 0.294 e. The summed E-state index contributed by atoms with van der Waals surface area (Å²) in [5.74, 6) is -2.86. The molecule has 0 radical (unpaired) electrons. The van der Waals surface area contributed by atoms with Crippen LogP contribution in [0.4, 0.5) is 10.1 Å². The first kappa shape index (κ1) is 26.4. The highest BCUT2D eigenvalue weighted by Crippen LogP contribution is 2.45. The Bertz CT molecular complexity index is 1640. The maximum Gasteiger partial charge on any atom is 0.294 e. The van der Waals surface area contributed by atoms with Crippen LogP contribution in [0.1, 0.15) is 33.9 Å². The molecule has 0 bridgehead atoms. The van der Waals surface area contributed by atoms with Crippen LogP contribution in [0.15, 0.2) is 78.1 Å². The maximum atomic E-state index is 14.0. The van der Waals surface area contributed by atoms with Gasteiger partial charge >= 0.3 is 0 Å². The molecule has 0 spiro atoms. The van der Waals surface area contributed by atoms with E-state index in [4.69, 9.17) is 16.3 Å². The van der Waals surface area contributed by atoms with Crippen LogP contribution in [0, 0.1) is 12.7 Å². The number of rotatable bonds is 7. The lowest BCUT2D eigenvalue weighted by molar-refractivity contribution is -0.117. The molecule has 3 aromatic carbocycles. The molecule has 1 aliphatic rings. The number of anilines is 1. The number of aromatic hydroxyl groups is 1. The van der Waals surface area contributed by atoms with Crippen LogP contribution in [0.25, 0.3) is 10.6 Å². The Hall–Kier alpha value is -4.21. The summed E-state index contributed by atoms with van der Waals surface area (Å²) in [5.41, 5.74) is 1.63. The zero-order valence-corrected chi connectivity index (χ0v) is 22.4. The van der Waals surface area contributed by atoms with Crippen LogP contribution in [-0.4, -0.2) is 33.5 Å². The Labute approximate surface area is 232 Å². The predicted molar refractivity (Wildman–Crippen MR) is 147 cm³/mol. The summed E-state index contributed by atoms with van der Waals surface area (Å²) in [5, 5.41) is 21.7. The maximum absolute atomic E-state index is 14.0. The van der Waals surface area contributed by atoms with Gasteiger partial charge in [0, 0.05) is 11.3 Å². The van der Waals surface area contributed by atoms with Crippen LogP contribution in [0.2, 0.25) is 5.02 Å². The third-order valence-electron chi connectivity index (χ3n) is 6.26. The van der Waals surface area contributed by atoms with E-state index in [1.807, 2.05) is 30.3 Å². The second-order valence-electron chi connectivity index (χ2n) is 8.73. The van der Waals surface area contributed by atoms with Crippen molar-refractivity contribution >= 4 is 40.3 Å². The quantitative estimate of drug-likeness (QED) is 0.239. The van der Waals surface area contributed by atoms with Gasteiger partial charge in [-0.2, -0.15) is 0 Å². The van der Waals surface area contributed by atoms with E-state index in [1.165, 1.54) is 35.2 Å². The number of ether oxygens (including phenoxy) is 1. The molecule has 1 aliphatic heterocycles. The van der Waals surface area contributed by atoms with E-state index >= 15 is 0 Å². The Morgan fingerprint density at radius 3 is 2.56 bits per heavy atom. The number of phenols is 1. The van der Waals surface area contributed by atoms with Gasteiger partial charge in [-0.1, -0.05) is 48.0 Å². The number of carbonyl (C=O) groups is 2. The van der Waals surface area contributed by atoms with Crippen LogP contribution in [0.3, 0.4) is 0 Å². The van der Waals surface area contributed by atoms with Crippen molar-refractivity contribution in [2.75, 3.05) is 11.5 Å². The average Bonchev–Trinajstić information content (AvgIpc) is 3.44. The zero-order valence-electron chi connectivity index (χ0n) is 20.8. The molecule has 4 aromatic rings. The molecule has 1 unspecified atom stereocenters. The summed E-state index contributed by atoms with van der Waals surface area (Å²) < 4.78 is 19.5. The molecule has 7 nitrogen and oxygen atoms in total. The van der Waals surface area contributed by atoms with Crippen molar-refractivity contribution in [3.05, 3.63) is 105 Å². The van der Waals surface area contributed by atoms with Gasteiger partial charge in [0.05, 0.1) is 33.8 Å². The number of thiazole rings is 1. The minimum absolute atomic E-state index is 0.131. The van der Waals surface area contributed by atoms with Gasteiger partial charge in [0.15, 0.2) is 17.3 Å². The normalized spacial score (nSPS) is 15.2. The molecule has 2 heterocycles. The second kappa shape index (κ2) is 10.5. The number of carbonyl (C=O) groups excluding carboxylic acids is 2. The molecule has 0 fully saturated rings. The van der Waals surface area contributed by atoms with Gasteiger partial charge in [-0.3, -0.25) is 14.5 Å². The minimum Gasteiger partial charge on any atom is -0.504 e. The Morgan fingerprint density at radius 2 is 1.87 bits per heavy atom. The number of aliphatic hydroxyl groups is 1. The Balaban J connectivity index is 1.66. The summed E-state index contributed by atoms with van der Waals surface area (Å²) >= 11 is 7.17. The van der Waals surface area contributed by atoms with Gasteiger partial charge in [-0.05, 0) is 49.7 Å². The number of nitrogens with zero attached hydrogens (tertiary/aromatic N) is 2. The monoisotopic (exact) mass is 564 g/mol. The third kappa shape index (κ3) is 4.75. The van der Waals surface area contributed by atoms with Crippen LogP contribution in [-0.2, 0) is 4.79 Å². The van der Waals surface area contributed by atoms with Crippen molar-refractivity contribution in [2.45, 2.75) is 19.9 Å². The number of Topliss-reactive ketones (excluding diaryl/α,β-unsaturated/α-hetero) is 1. The molecule has 39 heavy (non-hydrogen) atoms. The molecule has 198 valence electrons. The third-order valence-corrected chi connectivity index (χ3v) is 7.75. The number of aliphatic hydroxyl groups excluding tert-OH is 1. The van der Waals surface area contributed by atoms with Crippen molar-refractivity contribution in [3.63, 3.8) is 0 Å². The molecule has 0 saturated carbocycles. The molecule has 2 N–H and O–H groups in total. The second-order valence-corrected chi connectivity index (χ2v) is 10.1. The van der Waals surface area contributed by atoms with Crippen LogP contribution >= 0.6 is 22.9 Å². The van der Waals surface area contributed by atoms with Crippen molar-refractivity contribution in [3.8, 4) is 22.1 Å². The number of aryl methyl sites for hydroxylation is 1. The van der Waals surface area contributed by atoms with E-state index < -0.39 is 29.3 Å². The summed E-state index contributed by atoms with van der Waals surface area (Å²) in [6, 6.07) is 16.3. The Kier molecular flexibility index (Phi) is 7.12. The number of phenolic OH excluding ortho intramolecular Hbond substituents is 1. The number of aromatic nitrogens is 1. The van der Waals surface area contributed by atoms with E-state index in [1.54, 1.807) is 13.8 Å². The number of hydrogen-bond donors (Lipinski definition) is 2. The highest BCUT2D eigenvalue weighted by atomic mass is 35.5. The molecule has 1 amide bonds. The molecule has 0 aliphatic carbocycles. The van der Waals surface area contributed by atoms with Crippen LogP contribution < -0.4 is 9.64 Å². The summed E-state index contributed by atoms with van der Waals surface area (Å²) in [6.07, 6.45) is 0. The van der Waals surface area contributed by atoms with Crippen molar-refractivity contribution in [2.24, 2.45) is 0 Å². The van der Waals surface area contributed by atoms with Crippen LogP contribution in [0.5, 0.6) is 11.5 Å². The molecule has 1 aromatic heterocycles. The largest absolute Gasteiger partial charge is 0.504 e. The van der Waals surface area contributed by atoms with Crippen molar-refractivity contribution < 1.29 is 28.9 Å². The van der Waals surface area contributed by atoms with Gasteiger partial charge in [-0.15, -0.1) is 11.3 Å². The number of hydrogen-bond acceptors (Lipinski definition) is 7. The van der Waals surface area contributed by atoms with Gasteiger partial charge < -0.3 is 14.9 Å². The number of ketones is 1. The number of benzene rings is 3. The topological polar surface area (TPSA) is 100.0 Å². The fourth-order valence-electron chi connectivity index (χ4n) is 4.46. The van der Waals surface area contributed by atoms with E-state index in [-0.39, 0.29) is 39.3 Å². The van der Waals surface area contributed by atoms with E-state index in [9.17, 15) is 24.2 Å². The lowest BCUT2D eigenvalue weighted by Gasteiger charge is -2.27. The first-order valence-corrected chi connectivity index (χ1v) is 13.2. The predicted octanol–water partition coefficient (Wildman–Crippen LogP) is 6.80. The molecule has 5 rings (SSSR count). The molecular formula is C29H22ClFN2O5S. The summed E-state index contributed by atoms with van der Waals surface area (Å²) in [4.78, 5) is 33.5. The van der Waals surface area contributed by atoms with Gasteiger partial charge in [0.1, 0.15) is 10.8 Å². The van der Waals surface area contributed by atoms with Gasteiger partial charge in [-0.25, -0.2) is 9.37 Å². The summed E-state index contributed by atoms with van der Waals surface area (Å²) in [6.45, 7) is 3.69. The molecule has 1 atom stereocenters. The molecule has 0 saturated heterocycles. The average molecular weight is 565 g/mol. The van der Waals surface area contributed by atoms with E-state index in [2.05, 4.69) is 4.98 Å². The van der Waals surface area contributed by atoms with E-state index in [0.29, 0.717) is 16.3 Å². The number of amides is 1. The van der Waals surface area contributed by atoms with E-state index in [0.717, 1.165) is 23.0 Å². The molecular weight excluding hydrogens is 543 g/mol. The van der Waals surface area contributed by atoms with Gasteiger partial charge in [0.2, 0.25) is 5.78 Å². The number of halogens is 2. The standard InChI is InChI=1S/C29H22ClFN2O5S/c1-3-38-22-13-17(9-12-21(22)34)24-23(26(36)29(37)33(24)18-10-11-20(31)19(30)14-18)25(35)27-15(2)32-28(39-27)16-7-5-4-6-8-16/h4-14,24,34,36H,3H2,1-2H3. The van der Waals surface area contributed by atoms with Crippen molar-refractivity contribution in [1.82, 2.24) is 4.98 Å². The fourth-order valence-corrected chi connectivity index (χ4v) is 5.66. The zero-order chi connectivity index (χ0) is 27.8. The fraction of sp³-hybridized carbons (Fsp3) is 0.138. The summed E-state index contributed by atoms with van der Waals surface area (Å²) in [7, 11) is 0. The first-order valence-electron chi connectivity index (χ1n) is 12.0. The van der Waals surface area contributed by atoms with Crippen molar-refractivity contribution in [1.29, 1.82) is 0 Å². The first-order chi connectivity index (χ1) is 18.7. The lowest BCUT2D eigenvalue weighted by Crippen LogP contribution is -2.31. The molecule has 10 heteroatoms. The SMILES string of the molecule is CCOc1cc(C2C(C(=O)c3sc(-c4ccccc4)nc3C)=C(O)C(=O)N2c2ccc(F)c(Cl)c2)ccc1O. The minimum atomic E-state index is -1.13. The Morgan fingerprint density at radius 1 is 1.13 bits per heavy atom.